The molecule has 1 unspecified atom stereocenters. The normalized spacial score (nSPS) is 23.4. The molecule has 0 bridgehead atoms. The highest BCUT2D eigenvalue weighted by molar-refractivity contribution is 7.89. The van der Waals surface area contributed by atoms with Crippen LogP contribution in [0.2, 0.25) is 5.02 Å². The number of rotatable bonds is 4. The van der Waals surface area contributed by atoms with E-state index in [9.17, 15) is 18.5 Å². The van der Waals surface area contributed by atoms with Crippen LogP contribution in [0.5, 0.6) is 0 Å². The maximum absolute atomic E-state index is 13.3. The van der Waals surface area contributed by atoms with Gasteiger partial charge in [0.05, 0.1) is 28.1 Å². The molecule has 13 heteroatoms. The van der Waals surface area contributed by atoms with Crippen LogP contribution in [-0.4, -0.2) is 80.8 Å². The first-order valence-corrected chi connectivity index (χ1v) is 13.5. The minimum atomic E-state index is -3.86. The Hall–Kier alpha value is -2.88. The van der Waals surface area contributed by atoms with Crippen molar-refractivity contribution >= 4 is 39.5 Å². The lowest BCUT2D eigenvalue weighted by molar-refractivity contribution is 0.0976. The van der Waals surface area contributed by atoms with Gasteiger partial charge < -0.3 is 10.2 Å². The summed E-state index contributed by atoms with van der Waals surface area (Å²) in [5.41, 5.74) is 0.0567. The van der Waals surface area contributed by atoms with Gasteiger partial charge in [-0.1, -0.05) is 18.5 Å². The smallest absolute Gasteiger partial charge is 0.259 e. The van der Waals surface area contributed by atoms with Gasteiger partial charge in [-0.15, -0.1) is 0 Å². The SMILES string of the molecule is C[C@H]1CCC(N=C(NC#N)N2CCN(S(=O)(=O)c3ccc(Cl)c(C(=O)NC4=NCCN4)c3)CC2)C1. The van der Waals surface area contributed by atoms with Gasteiger partial charge in [0.15, 0.2) is 12.2 Å². The van der Waals surface area contributed by atoms with Gasteiger partial charge >= 0.3 is 0 Å². The lowest BCUT2D eigenvalue weighted by Gasteiger charge is -2.35. The topological polar surface area (TPSA) is 142 Å². The first-order valence-electron chi connectivity index (χ1n) is 11.6. The molecule has 0 aromatic heterocycles. The van der Waals surface area contributed by atoms with Crippen LogP contribution in [0.1, 0.15) is 36.5 Å². The lowest BCUT2D eigenvalue weighted by atomic mass is 10.1. The van der Waals surface area contributed by atoms with E-state index in [0.29, 0.717) is 44.0 Å². The van der Waals surface area contributed by atoms with Crippen molar-refractivity contribution in [3.05, 3.63) is 28.8 Å². The minimum Gasteiger partial charge on any atom is -0.354 e. The lowest BCUT2D eigenvalue weighted by Crippen LogP contribution is -2.53. The quantitative estimate of drug-likeness (QED) is 0.232. The average molecular weight is 521 g/mol. The second-order valence-electron chi connectivity index (χ2n) is 8.91. The van der Waals surface area contributed by atoms with Crippen molar-refractivity contribution in [2.45, 2.75) is 37.1 Å². The summed E-state index contributed by atoms with van der Waals surface area (Å²) in [6.45, 7) is 4.60. The largest absolute Gasteiger partial charge is 0.354 e. The maximum Gasteiger partial charge on any atom is 0.259 e. The summed E-state index contributed by atoms with van der Waals surface area (Å²) >= 11 is 6.19. The number of carbonyl (C=O) groups is 1. The average Bonchev–Trinajstić information content (AvgIpc) is 3.50. The van der Waals surface area contributed by atoms with Gasteiger partial charge in [-0.25, -0.2) is 13.4 Å². The van der Waals surface area contributed by atoms with Crippen LogP contribution in [0.25, 0.3) is 0 Å². The number of aliphatic imine (C=N–C) groups is 2. The Bertz CT molecular complexity index is 1170. The summed E-state index contributed by atoms with van der Waals surface area (Å²) in [5, 5.41) is 17.5. The molecule has 0 radical (unpaired) electrons. The highest BCUT2D eigenvalue weighted by Gasteiger charge is 2.31. The number of hydrogen-bond acceptors (Lipinski definition) is 7. The molecule has 1 saturated carbocycles. The first-order chi connectivity index (χ1) is 16.8. The fourth-order valence-electron chi connectivity index (χ4n) is 4.49. The summed E-state index contributed by atoms with van der Waals surface area (Å²) in [6, 6.07) is 4.28. The van der Waals surface area contributed by atoms with Gasteiger partial charge in [0, 0.05) is 32.7 Å². The maximum atomic E-state index is 13.3. The Morgan fingerprint density at radius 3 is 2.69 bits per heavy atom. The number of piperazine rings is 1. The number of nitriles is 1. The van der Waals surface area contributed by atoms with E-state index in [0.717, 1.165) is 19.3 Å². The van der Waals surface area contributed by atoms with Crippen LogP contribution >= 0.6 is 11.6 Å². The summed E-state index contributed by atoms with van der Waals surface area (Å²) < 4.78 is 28.0. The van der Waals surface area contributed by atoms with Gasteiger partial charge in [-0.2, -0.15) is 9.57 Å². The molecule has 2 aliphatic heterocycles. The van der Waals surface area contributed by atoms with Gasteiger partial charge in [-0.05, 0) is 43.4 Å². The minimum absolute atomic E-state index is 0.00852. The molecule has 0 spiro atoms. The molecule has 1 aromatic carbocycles. The van der Waals surface area contributed by atoms with E-state index < -0.39 is 15.9 Å². The van der Waals surface area contributed by atoms with Crippen LogP contribution in [0.4, 0.5) is 0 Å². The molecular formula is C22H29ClN8O3S. The van der Waals surface area contributed by atoms with E-state index in [2.05, 4.69) is 27.9 Å². The molecule has 1 aliphatic carbocycles. The van der Waals surface area contributed by atoms with Crippen molar-refractivity contribution < 1.29 is 13.2 Å². The zero-order valence-electron chi connectivity index (χ0n) is 19.5. The van der Waals surface area contributed by atoms with Crippen molar-refractivity contribution in [2.75, 3.05) is 39.3 Å². The molecule has 188 valence electrons. The fourth-order valence-corrected chi connectivity index (χ4v) is 6.15. The highest BCUT2D eigenvalue weighted by Crippen LogP contribution is 2.28. The van der Waals surface area contributed by atoms with E-state index in [1.807, 2.05) is 11.1 Å². The monoisotopic (exact) mass is 520 g/mol. The predicted molar refractivity (Wildman–Crippen MR) is 133 cm³/mol. The van der Waals surface area contributed by atoms with Crippen LogP contribution in [0.3, 0.4) is 0 Å². The predicted octanol–water partition coefficient (Wildman–Crippen LogP) is 0.951. The zero-order chi connectivity index (χ0) is 25.0. The molecular weight excluding hydrogens is 492 g/mol. The van der Waals surface area contributed by atoms with Gasteiger partial charge in [0.25, 0.3) is 5.91 Å². The Kier molecular flexibility index (Phi) is 7.78. The Morgan fingerprint density at radius 1 is 1.29 bits per heavy atom. The summed E-state index contributed by atoms with van der Waals surface area (Å²) in [7, 11) is -3.86. The summed E-state index contributed by atoms with van der Waals surface area (Å²) in [5.74, 6) is 0.918. The third kappa shape index (κ3) is 5.86. The van der Waals surface area contributed by atoms with E-state index in [-0.39, 0.29) is 34.6 Å². The number of nitrogens with zero attached hydrogens (tertiary/aromatic N) is 5. The second kappa shape index (κ2) is 10.8. The van der Waals surface area contributed by atoms with Crippen molar-refractivity contribution in [3.8, 4) is 6.19 Å². The number of hydrogen-bond donors (Lipinski definition) is 3. The zero-order valence-corrected chi connectivity index (χ0v) is 21.1. The molecule has 35 heavy (non-hydrogen) atoms. The van der Waals surface area contributed by atoms with E-state index in [1.54, 1.807) is 0 Å². The standard InChI is InChI=1S/C22H29ClN8O3S/c1-15-2-3-16(12-15)28-22(27-14-24)30-8-10-31(11-9-30)35(33,34)17-4-5-19(23)18(13-17)20(32)29-21-25-6-7-26-21/h4-5,13,15-16H,2-3,6-12H2,1H3,(H,27,28)(H2,25,26,29,32)/t15-,16?/m0/s1. The fraction of sp³-hybridized carbons (Fsp3) is 0.545. The van der Waals surface area contributed by atoms with Gasteiger partial charge in [0.1, 0.15) is 0 Å². The van der Waals surface area contributed by atoms with Crippen LogP contribution < -0.4 is 16.0 Å². The molecule has 1 saturated heterocycles. The molecule has 2 heterocycles. The number of carbonyl (C=O) groups excluding carboxylic acids is 1. The Morgan fingerprint density at radius 2 is 2.06 bits per heavy atom. The van der Waals surface area contributed by atoms with Crippen LogP contribution in [-0.2, 0) is 10.0 Å². The van der Waals surface area contributed by atoms with Crippen LogP contribution in [0, 0.1) is 17.4 Å². The third-order valence-corrected chi connectivity index (χ3v) is 8.63. The molecule has 11 nitrogen and oxygen atoms in total. The Labute approximate surface area is 210 Å². The molecule has 3 N–H and O–H groups in total. The van der Waals surface area contributed by atoms with E-state index >= 15 is 0 Å². The third-order valence-electron chi connectivity index (χ3n) is 6.40. The molecule has 2 atom stereocenters. The molecule has 3 aliphatic rings. The highest BCUT2D eigenvalue weighted by atomic mass is 35.5. The summed E-state index contributed by atoms with van der Waals surface area (Å²) in [6.07, 6.45) is 5.04. The molecule has 2 fully saturated rings. The van der Waals surface area contributed by atoms with E-state index in [1.165, 1.54) is 22.5 Å². The number of sulfonamides is 1. The first kappa shape index (κ1) is 25.2. The number of benzene rings is 1. The van der Waals surface area contributed by atoms with Crippen LogP contribution in [0.15, 0.2) is 33.1 Å². The van der Waals surface area contributed by atoms with E-state index in [4.69, 9.17) is 16.6 Å². The molecule has 1 aromatic rings. The van der Waals surface area contributed by atoms with Crippen molar-refractivity contribution in [3.63, 3.8) is 0 Å². The number of halogens is 1. The van der Waals surface area contributed by atoms with Crippen molar-refractivity contribution in [1.29, 1.82) is 5.26 Å². The Balaban J connectivity index is 1.45. The van der Waals surface area contributed by atoms with Crippen molar-refractivity contribution in [1.82, 2.24) is 25.2 Å². The number of nitrogens with one attached hydrogen (secondary N) is 3. The molecule has 4 rings (SSSR count). The molecule has 1 amide bonds. The number of guanidine groups is 2. The number of amides is 1. The second-order valence-corrected chi connectivity index (χ2v) is 11.3. The van der Waals surface area contributed by atoms with Gasteiger partial charge in [-0.3, -0.25) is 20.4 Å². The summed E-state index contributed by atoms with van der Waals surface area (Å²) in [4.78, 5) is 23.4. The van der Waals surface area contributed by atoms with Gasteiger partial charge in [0.2, 0.25) is 16.0 Å². The van der Waals surface area contributed by atoms with Crippen molar-refractivity contribution in [2.24, 2.45) is 15.9 Å².